The Kier molecular flexibility index (Phi) is 12.2. The summed E-state index contributed by atoms with van der Waals surface area (Å²) in [6.45, 7) is 18.5. The van der Waals surface area contributed by atoms with Crippen LogP contribution >= 0.6 is 0 Å². The quantitative estimate of drug-likeness (QED) is 0.144. The highest BCUT2D eigenvalue weighted by Gasteiger charge is 2.39. The first-order chi connectivity index (χ1) is 23.2. The monoisotopic (exact) mass is 681 g/mol. The fourth-order valence-corrected chi connectivity index (χ4v) is 9.01. The van der Waals surface area contributed by atoms with Gasteiger partial charge < -0.3 is 14.5 Å². The van der Waals surface area contributed by atoms with Crippen molar-refractivity contribution in [1.29, 1.82) is 0 Å². The summed E-state index contributed by atoms with van der Waals surface area (Å²) in [6.07, 6.45) is 14.8. The van der Waals surface area contributed by atoms with Crippen LogP contribution in [0.2, 0.25) is 18.1 Å². The Morgan fingerprint density at radius 3 is 2.10 bits per heavy atom. The topological polar surface area (TPSA) is 47.6 Å². The molecule has 0 bridgehead atoms. The molecule has 0 radical (unpaired) electrons. The molecule has 1 N–H and O–H groups in total. The molecule has 0 spiro atoms. The van der Waals surface area contributed by atoms with E-state index in [0.29, 0.717) is 6.42 Å². The lowest BCUT2D eigenvalue weighted by Crippen LogP contribution is -2.44. The number of para-hydroxylation sites is 2. The summed E-state index contributed by atoms with van der Waals surface area (Å²) in [5.41, 5.74) is 5.37. The molecule has 1 fully saturated rings. The number of amides is 1. The summed E-state index contributed by atoms with van der Waals surface area (Å²) in [7, 11) is -1.90. The Hall–Kier alpha value is -2.89. The zero-order valence-corrected chi connectivity index (χ0v) is 32.8. The van der Waals surface area contributed by atoms with Gasteiger partial charge in [-0.25, -0.2) is 0 Å². The molecule has 4 nitrogen and oxygen atoms in total. The third-order valence-electron chi connectivity index (χ3n) is 11.5. The molecule has 1 amide bonds. The van der Waals surface area contributed by atoms with Crippen LogP contribution in [0.25, 0.3) is 0 Å². The molecule has 1 unspecified atom stereocenters. The van der Waals surface area contributed by atoms with Gasteiger partial charge in [0.1, 0.15) is 11.5 Å². The van der Waals surface area contributed by atoms with E-state index in [1.165, 1.54) is 56.9 Å². The molecule has 0 saturated heterocycles. The van der Waals surface area contributed by atoms with Gasteiger partial charge in [0.05, 0.1) is 0 Å². The van der Waals surface area contributed by atoms with Crippen LogP contribution < -0.4 is 10.1 Å². The minimum atomic E-state index is -1.90. The van der Waals surface area contributed by atoms with Crippen molar-refractivity contribution >= 4 is 19.9 Å². The zero-order chi connectivity index (χ0) is 35.2. The van der Waals surface area contributed by atoms with Gasteiger partial charge in [0.15, 0.2) is 8.32 Å². The van der Waals surface area contributed by atoms with E-state index in [-0.39, 0.29) is 28.4 Å². The summed E-state index contributed by atoms with van der Waals surface area (Å²) in [5, 5.41) is 3.57. The number of ether oxygens (including phenoxy) is 1. The van der Waals surface area contributed by atoms with Gasteiger partial charge in [0.25, 0.3) is 0 Å². The fourth-order valence-electron chi connectivity index (χ4n) is 7.58. The highest BCUT2D eigenvalue weighted by Crippen LogP contribution is 2.46. The van der Waals surface area contributed by atoms with Gasteiger partial charge in [0, 0.05) is 35.3 Å². The smallest absolute Gasteiger partial charge is 0.225 e. The minimum absolute atomic E-state index is 0.0243. The van der Waals surface area contributed by atoms with Crippen LogP contribution in [0.1, 0.15) is 140 Å². The summed E-state index contributed by atoms with van der Waals surface area (Å²) in [4.78, 5) is 13.9. The molecule has 1 atom stereocenters. The minimum Gasteiger partial charge on any atom is -0.457 e. The number of aryl methyl sites for hydroxylation is 1. The third kappa shape index (κ3) is 9.88. The van der Waals surface area contributed by atoms with Crippen LogP contribution in [-0.4, -0.2) is 20.3 Å². The van der Waals surface area contributed by atoms with Gasteiger partial charge >= 0.3 is 0 Å². The third-order valence-corrected chi connectivity index (χ3v) is 16.0. The van der Waals surface area contributed by atoms with Crippen molar-refractivity contribution in [3.05, 3.63) is 89.0 Å². The SMILES string of the molecule is CC(C)(C)c1ccc(CCC(CCCCC2CCCCC2)O[Si](C)(C)C(C)(C)C)cc1NC(=O)CC1c2ccccc2Oc2ccccc21. The molecule has 5 heteroatoms. The largest absolute Gasteiger partial charge is 0.457 e. The van der Waals surface area contributed by atoms with Crippen LogP contribution in [0.5, 0.6) is 11.5 Å². The van der Waals surface area contributed by atoms with Crippen molar-refractivity contribution in [2.24, 2.45) is 5.92 Å². The van der Waals surface area contributed by atoms with Gasteiger partial charge in [0.2, 0.25) is 5.91 Å². The summed E-state index contributed by atoms with van der Waals surface area (Å²) < 4.78 is 13.3. The predicted octanol–water partition coefficient (Wildman–Crippen LogP) is 12.7. The van der Waals surface area contributed by atoms with Crippen molar-refractivity contribution < 1.29 is 14.0 Å². The summed E-state index contributed by atoms with van der Waals surface area (Å²) in [5.74, 6) is 2.57. The second-order valence-corrected chi connectivity index (χ2v) is 22.2. The Labute approximate surface area is 298 Å². The number of carbonyl (C=O) groups excluding carboxylic acids is 1. The molecule has 1 aliphatic heterocycles. The molecule has 1 aliphatic carbocycles. The van der Waals surface area contributed by atoms with Crippen LogP contribution in [0.15, 0.2) is 66.7 Å². The average Bonchev–Trinajstić information content (AvgIpc) is 3.04. The standard InChI is InChI=1S/C44H63NO3Si/c1-43(2,3)38-29-27-33(26-28-34(48-49(7,8)44(4,5)6)21-13-12-20-32-18-10-9-11-19-32)30-39(38)45-42(46)31-37-35-22-14-16-24-40(35)47-41-25-17-15-23-36(37)41/h14-17,22-25,27,29-30,32,34,37H,9-13,18-21,26,28,31H2,1-8H3,(H,45,46). The van der Waals surface area contributed by atoms with Crippen LogP contribution in [0.3, 0.4) is 0 Å². The van der Waals surface area contributed by atoms with Crippen LogP contribution in [-0.2, 0) is 21.1 Å². The van der Waals surface area contributed by atoms with E-state index in [1.807, 2.05) is 36.4 Å². The van der Waals surface area contributed by atoms with Gasteiger partial charge in [-0.15, -0.1) is 0 Å². The molecule has 0 aromatic heterocycles. The lowest BCUT2D eigenvalue weighted by Gasteiger charge is -2.39. The van der Waals surface area contributed by atoms with E-state index in [0.717, 1.165) is 59.1 Å². The van der Waals surface area contributed by atoms with Gasteiger partial charge in [-0.1, -0.05) is 141 Å². The van der Waals surface area contributed by atoms with Gasteiger partial charge in [-0.2, -0.15) is 0 Å². The number of benzene rings is 3. The maximum atomic E-state index is 13.9. The normalized spacial score (nSPS) is 16.4. The second-order valence-electron chi connectivity index (χ2n) is 17.4. The molecule has 3 aromatic carbocycles. The number of fused-ring (bicyclic) bond motifs is 2. The van der Waals surface area contributed by atoms with E-state index in [4.69, 9.17) is 9.16 Å². The molecular formula is C44H63NO3Si. The lowest BCUT2D eigenvalue weighted by atomic mass is 9.84. The first kappa shape index (κ1) is 37.4. The van der Waals surface area contributed by atoms with Crippen molar-refractivity contribution in [2.45, 2.75) is 154 Å². The molecular weight excluding hydrogens is 619 g/mol. The van der Waals surface area contributed by atoms with E-state index in [9.17, 15) is 4.79 Å². The Morgan fingerprint density at radius 2 is 1.49 bits per heavy atom. The van der Waals surface area contributed by atoms with Crippen molar-refractivity contribution in [3.8, 4) is 11.5 Å². The Bertz CT molecular complexity index is 1500. The number of hydrogen-bond acceptors (Lipinski definition) is 3. The predicted molar refractivity (Wildman–Crippen MR) is 209 cm³/mol. The van der Waals surface area contributed by atoms with E-state index in [1.54, 1.807) is 0 Å². The maximum absolute atomic E-state index is 13.9. The first-order valence-electron chi connectivity index (χ1n) is 19.2. The highest BCUT2D eigenvalue weighted by molar-refractivity contribution is 6.74. The number of carbonyl (C=O) groups is 1. The fraction of sp³-hybridized carbons (Fsp3) is 0.568. The summed E-state index contributed by atoms with van der Waals surface area (Å²) >= 11 is 0. The molecule has 266 valence electrons. The molecule has 5 rings (SSSR count). The number of nitrogens with one attached hydrogen (secondary N) is 1. The molecule has 1 heterocycles. The van der Waals surface area contributed by atoms with E-state index >= 15 is 0 Å². The van der Waals surface area contributed by atoms with Crippen LogP contribution in [0.4, 0.5) is 5.69 Å². The van der Waals surface area contributed by atoms with E-state index in [2.05, 4.69) is 90.3 Å². The first-order valence-corrected chi connectivity index (χ1v) is 22.1. The van der Waals surface area contributed by atoms with Crippen molar-refractivity contribution in [1.82, 2.24) is 0 Å². The Morgan fingerprint density at radius 1 is 0.857 bits per heavy atom. The second kappa shape index (κ2) is 16.0. The molecule has 1 saturated carbocycles. The van der Waals surface area contributed by atoms with Crippen LogP contribution in [0, 0.1) is 5.92 Å². The Balaban J connectivity index is 1.29. The van der Waals surface area contributed by atoms with Gasteiger partial charge in [-0.3, -0.25) is 4.79 Å². The number of rotatable bonds is 13. The van der Waals surface area contributed by atoms with Gasteiger partial charge in [-0.05, 0) is 78.1 Å². The molecule has 3 aromatic rings. The summed E-state index contributed by atoms with van der Waals surface area (Å²) in [6, 6.07) is 22.9. The number of anilines is 1. The van der Waals surface area contributed by atoms with E-state index < -0.39 is 8.32 Å². The number of unbranched alkanes of at least 4 members (excludes halogenated alkanes) is 1. The van der Waals surface area contributed by atoms with Crippen molar-refractivity contribution in [2.75, 3.05) is 5.32 Å². The van der Waals surface area contributed by atoms with Crippen molar-refractivity contribution in [3.63, 3.8) is 0 Å². The average molecular weight is 682 g/mol. The lowest BCUT2D eigenvalue weighted by molar-refractivity contribution is -0.116. The maximum Gasteiger partial charge on any atom is 0.225 e. The number of hydrogen-bond donors (Lipinski definition) is 1. The highest BCUT2D eigenvalue weighted by atomic mass is 28.4. The molecule has 49 heavy (non-hydrogen) atoms. The molecule has 2 aliphatic rings. The zero-order valence-electron chi connectivity index (χ0n) is 31.8.